The summed E-state index contributed by atoms with van der Waals surface area (Å²) >= 11 is 5.89. The van der Waals surface area contributed by atoms with E-state index in [4.69, 9.17) is 17.3 Å². The summed E-state index contributed by atoms with van der Waals surface area (Å²) in [6, 6.07) is 7.04. The van der Waals surface area contributed by atoms with Gasteiger partial charge in [-0.3, -0.25) is 9.59 Å². The minimum Gasteiger partial charge on any atom is -0.349 e. The number of amides is 2. The molecule has 2 amide bonds. The number of carbonyl (C=O) groups excluding carboxylic acids is 2. The van der Waals surface area contributed by atoms with Gasteiger partial charge in [-0.2, -0.15) is 0 Å². The van der Waals surface area contributed by atoms with E-state index in [2.05, 4.69) is 5.32 Å². The van der Waals surface area contributed by atoms with E-state index in [1.165, 1.54) is 6.92 Å². The minimum absolute atomic E-state index is 0. The second-order valence-corrected chi connectivity index (χ2v) is 6.16. The molecule has 0 radical (unpaired) electrons. The van der Waals surface area contributed by atoms with Crippen molar-refractivity contribution < 1.29 is 9.59 Å². The number of hydrogen-bond donors (Lipinski definition) is 2. The topological polar surface area (TPSA) is 75.4 Å². The Labute approximate surface area is 148 Å². The maximum atomic E-state index is 12.4. The molecule has 0 bridgehead atoms. The van der Waals surface area contributed by atoms with Crippen molar-refractivity contribution in [2.45, 2.75) is 38.3 Å². The van der Waals surface area contributed by atoms with Crippen LogP contribution in [0, 0.1) is 0 Å². The Morgan fingerprint density at radius 3 is 2.39 bits per heavy atom. The molecule has 0 saturated carbocycles. The van der Waals surface area contributed by atoms with Crippen LogP contribution < -0.4 is 11.1 Å². The fraction of sp³-hybridized carbons (Fsp3) is 0.500. The lowest BCUT2D eigenvalue weighted by molar-refractivity contribution is -0.133. The number of likely N-dealkylation sites (tertiary alicyclic amines) is 1. The summed E-state index contributed by atoms with van der Waals surface area (Å²) in [5.74, 6) is -0.117. The second-order valence-electron chi connectivity index (χ2n) is 5.73. The van der Waals surface area contributed by atoms with Crippen molar-refractivity contribution in [3.63, 3.8) is 0 Å². The van der Waals surface area contributed by atoms with E-state index >= 15 is 0 Å². The van der Waals surface area contributed by atoms with Gasteiger partial charge < -0.3 is 16.0 Å². The lowest BCUT2D eigenvalue weighted by Crippen LogP contribution is -2.44. The Hall–Kier alpha value is -1.30. The molecule has 1 fully saturated rings. The quantitative estimate of drug-likeness (QED) is 0.865. The molecule has 0 spiro atoms. The largest absolute Gasteiger partial charge is 0.349 e. The lowest BCUT2D eigenvalue weighted by atomic mass is 10.0. The van der Waals surface area contributed by atoms with E-state index in [1.807, 2.05) is 17.0 Å². The number of nitrogens with zero attached hydrogens (tertiary/aromatic N) is 1. The number of rotatable bonds is 4. The van der Waals surface area contributed by atoms with Crippen LogP contribution in [0.2, 0.25) is 5.02 Å². The van der Waals surface area contributed by atoms with Crippen LogP contribution in [0.4, 0.5) is 0 Å². The van der Waals surface area contributed by atoms with Gasteiger partial charge in [-0.15, -0.1) is 12.4 Å². The van der Waals surface area contributed by atoms with Crippen molar-refractivity contribution in [3.05, 3.63) is 34.9 Å². The molecule has 1 heterocycles. The zero-order valence-electron chi connectivity index (χ0n) is 13.1. The van der Waals surface area contributed by atoms with Gasteiger partial charge in [-0.1, -0.05) is 23.7 Å². The standard InChI is InChI=1S/C16H22ClN3O2.ClH/c1-11(21)19-15(12-2-4-13(17)5-3-12)10-16(22)20-8-6-14(18)7-9-20;/h2-5,14-15H,6-10,18H2,1H3,(H,19,21);1H. The first-order chi connectivity index (χ1) is 10.5. The monoisotopic (exact) mass is 359 g/mol. The Morgan fingerprint density at radius 1 is 1.30 bits per heavy atom. The molecule has 1 aromatic carbocycles. The van der Waals surface area contributed by atoms with Crippen molar-refractivity contribution in [2.24, 2.45) is 5.73 Å². The molecular formula is C16H23Cl2N3O2. The summed E-state index contributed by atoms with van der Waals surface area (Å²) in [5, 5.41) is 3.47. The van der Waals surface area contributed by atoms with Crippen LogP contribution in [0.1, 0.15) is 37.8 Å². The highest BCUT2D eigenvalue weighted by Gasteiger charge is 2.24. The van der Waals surface area contributed by atoms with E-state index < -0.39 is 0 Å². The number of piperidine rings is 1. The molecular weight excluding hydrogens is 337 g/mol. The average molecular weight is 360 g/mol. The lowest BCUT2D eigenvalue weighted by Gasteiger charge is -2.31. The molecule has 0 aliphatic carbocycles. The Bertz CT molecular complexity index is 529. The third-order valence-electron chi connectivity index (χ3n) is 3.92. The third kappa shape index (κ3) is 6.01. The van der Waals surface area contributed by atoms with Gasteiger partial charge in [0.2, 0.25) is 11.8 Å². The highest BCUT2D eigenvalue weighted by atomic mass is 35.5. The molecule has 23 heavy (non-hydrogen) atoms. The van der Waals surface area contributed by atoms with Gasteiger partial charge in [0.05, 0.1) is 12.5 Å². The SMILES string of the molecule is CC(=O)NC(CC(=O)N1CCC(N)CC1)c1ccc(Cl)cc1.Cl. The molecule has 2 rings (SSSR count). The van der Waals surface area contributed by atoms with E-state index in [0.29, 0.717) is 18.1 Å². The van der Waals surface area contributed by atoms with Gasteiger partial charge in [0, 0.05) is 31.1 Å². The number of benzene rings is 1. The minimum atomic E-state index is -0.335. The zero-order valence-corrected chi connectivity index (χ0v) is 14.7. The molecule has 3 N–H and O–H groups in total. The average Bonchev–Trinajstić information content (AvgIpc) is 2.47. The van der Waals surface area contributed by atoms with Crippen LogP contribution in [-0.4, -0.2) is 35.8 Å². The number of hydrogen-bond acceptors (Lipinski definition) is 3. The number of nitrogens with two attached hydrogens (primary N) is 1. The first-order valence-electron chi connectivity index (χ1n) is 7.51. The zero-order chi connectivity index (χ0) is 16.1. The van der Waals surface area contributed by atoms with Crippen LogP contribution in [0.5, 0.6) is 0 Å². The van der Waals surface area contributed by atoms with Gasteiger partial charge in [0.25, 0.3) is 0 Å². The third-order valence-corrected chi connectivity index (χ3v) is 4.17. The summed E-state index contributed by atoms with van der Waals surface area (Å²) in [7, 11) is 0. The van der Waals surface area contributed by atoms with Gasteiger partial charge in [0.15, 0.2) is 0 Å². The molecule has 1 aliphatic rings. The van der Waals surface area contributed by atoms with Crippen molar-refractivity contribution in [2.75, 3.05) is 13.1 Å². The van der Waals surface area contributed by atoms with E-state index in [0.717, 1.165) is 18.4 Å². The summed E-state index contributed by atoms with van der Waals surface area (Å²) in [6.45, 7) is 2.83. The van der Waals surface area contributed by atoms with Crippen LogP contribution in [0.3, 0.4) is 0 Å². The Balaban J connectivity index is 0.00000264. The second kappa shape index (κ2) is 9.11. The smallest absolute Gasteiger partial charge is 0.224 e. The van der Waals surface area contributed by atoms with E-state index in [-0.39, 0.29) is 42.7 Å². The Morgan fingerprint density at radius 2 is 1.87 bits per heavy atom. The predicted octanol–water partition coefficient (Wildman–Crippen LogP) is 2.28. The highest BCUT2D eigenvalue weighted by molar-refractivity contribution is 6.30. The van der Waals surface area contributed by atoms with Crippen molar-refractivity contribution >= 4 is 35.8 Å². The summed E-state index contributed by atoms with van der Waals surface area (Å²) in [6.07, 6.45) is 1.91. The molecule has 128 valence electrons. The Kier molecular flexibility index (Phi) is 7.82. The van der Waals surface area contributed by atoms with E-state index in [9.17, 15) is 9.59 Å². The first kappa shape index (κ1) is 19.7. The molecule has 5 nitrogen and oxygen atoms in total. The molecule has 7 heteroatoms. The fourth-order valence-corrected chi connectivity index (χ4v) is 2.77. The number of carbonyl (C=O) groups is 2. The van der Waals surface area contributed by atoms with Crippen LogP contribution in [-0.2, 0) is 9.59 Å². The molecule has 1 atom stereocenters. The summed E-state index contributed by atoms with van der Waals surface area (Å²) in [5.41, 5.74) is 6.74. The molecule has 1 aromatic rings. The summed E-state index contributed by atoms with van der Waals surface area (Å²) in [4.78, 5) is 25.7. The van der Waals surface area contributed by atoms with Crippen LogP contribution in [0.15, 0.2) is 24.3 Å². The van der Waals surface area contributed by atoms with Gasteiger partial charge >= 0.3 is 0 Å². The molecule has 0 aromatic heterocycles. The predicted molar refractivity (Wildman–Crippen MR) is 93.7 cm³/mol. The van der Waals surface area contributed by atoms with Gasteiger partial charge in [0.1, 0.15) is 0 Å². The maximum Gasteiger partial charge on any atom is 0.224 e. The molecule has 1 saturated heterocycles. The van der Waals surface area contributed by atoms with Gasteiger partial charge in [-0.25, -0.2) is 0 Å². The normalized spacial score (nSPS) is 16.4. The van der Waals surface area contributed by atoms with Crippen molar-refractivity contribution in [3.8, 4) is 0 Å². The van der Waals surface area contributed by atoms with Gasteiger partial charge in [-0.05, 0) is 30.5 Å². The van der Waals surface area contributed by atoms with Crippen molar-refractivity contribution in [1.29, 1.82) is 0 Å². The maximum absolute atomic E-state index is 12.4. The van der Waals surface area contributed by atoms with Crippen molar-refractivity contribution in [1.82, 2.24) is 10.2 Å². The number of nitrogens with one attached hydrogen (secondary N) is 1. The van der Waals surface area contributed by atoms with Crippen LogP contribution in [0.25, 0.3) is 0 Å². The fourth-order valence-electron chi connectivity index (χ4n) is 2.65. The molecule has 1 unspecified atom stereocenters. The first-order valence-corrected chi connectivity index (χ1v) is 7.89. The molecule has 1 aliphatic heterocycles. The highest BCUT2D eigenvalue weighted by Crippen LogP contribution is 2.21. The summed E-state index contributed by atoms with van der Waals surface area (Å²) < 4.78 is 0. The van der Waals surface area contributed by atoms with Crippen LogP contribution >= 0.6 is 24.0 Å². The van der Waals surface area contributed by atoms with E-state index in [1.54, 1.807) is 12.1 Å². The number of halogens is 2.